The van der Waals surface area contributed by atoms with Gasteiger partial charge < -0.3 is 14.7 Å². The van der Waals surface area contributed by atoms with E-state index in [9.17, 15) is 14.4 Å². The van der Waals surface area contributed by atoms with Gasteiger partial charge in [-0.15, -0.1) is 0 Å². The fraction of sp³-hybridized carbons (Fsp3) is 0.160. The molecule has 0 saturated heterocycles. The van der Waals surface area contributed by atoms with Crippen LogP contribution in [0.3, 0.4) is 0 Å². The van der Waals surface area contributed by atoms with Crippen LogP contribution in [0.2, 0.25) is 0 Å². The van der Waals surface area contributed by atoms with Crippen LogP contribution in [0.25, 0.3) is 11.0 Å². The maximum absolute atomic E-state index is 13.1. The minimum absolute atomic E-state index is 0.0524. The smallest absolute Gasteiger partial charge is 0.261 e. The first-order valence-electron chi connectivity index (χ1n) is 10.2. The van der Waals surface area contributed by atoms with Crippen molar-refractivity contribution in [3.8, 4) is 0 Å². The Morgan fingerprint density at radius 3 is 2.55 bits per heavy atom. The summed E-state index contributed by atoms with van der Waals surface area (Å²) >= 11 is 0. The van der Waals surface area contributed by atoms with Gasteiger partial charge in [0, 0.05) is 23.1 Å². The van der Waals surface area contributed by atoms with Crippen molar-refractivity contribution < 1.29 is 14.0 Å². The molecule has 0 fully saturated rings. The number of benzene rings is 2. The number of carbonyl (C=O) groups excluding carboxylic acids is 2. The maximum atomic E-state index is 13.1. The van der Waals surface area contributed by atoms with E-state index in [4.69, 9.17) is 4.42 Å². The number of aryl methyl sites for hydroxylation is 1. The summed E-state index contributed by atoms with van der Waals surface area (Å²) < 4.78 is 6.00. The van der Waals surface area contributed by atoms with Crippen molar-refractivity contribution in [3.05, 3.63) is 105 Å². The molecule has 5 rings (SSSR count). The third-order valence-corrected chi connectivity index (χ3v) is 5.64. The van der Waals surface area contributed by atoms with E-state index in [0.29, 0.717) is 41.9 Å². The Kier molecular flexibility index (Phi) is 4.75. The molecule has 1 atom stereocenters. The van der Waals surface area contributed by atoms with Crippen molar-refractivity contribution in [3.63, 3.8) is 0 Å². The predicted molar refractivity (Wildman–Crippen MR) is 116 cm³/mol. The van der Waals surface area contributed by atoms with Gasteiger partial charge in [-0.3, -0.25) is 14.4 Å². The van der Waals surface area contributed by atoms with Crippen molar-refractivity contribution >= 4 is 22.7 Å². The molecular weight excluding hydrogens is 392 g/mol. The number of nitrogens with one attached hydrogen (secondary N) is 2. The average Bonchev–Trinajstić information content (AvgIpc) is 3.21. The number of rotatable bonds is 4. The highest BCUT2D eigenvalue weighted by molar-refractivity contribution is 6.01. The number of aromatic nitrogens is 1. The molecule has 154 valence electrons. The number of fused-ring (bicyclic) bond motifs is 2. The topological polar surface area (TPSA) is 92.2 Å². The number of Topliss-reactive ketones (excluding diaryl/α,β-unsaturated/α-hetero) is 1. The van der Waals surface area contributed by atoms with E-state index >= 15 is 0 Å². The molecule has 2 N–H and O–H groups in total. The van der Waals surface area contributed by atoms with Gasteiger partial charge in [0.05, 0.1) is 0 Å². The van der Waals surface area contributed by atoms with E-state index in [0.717, 1.165) is 10.9 Å². The molecule has 2 aromatic heterocycles. The standard InChI is InChI=1S/C25H20N2O4/c28-20-11-6-10-19-17(20)14-18(24(29)26-19)25(30)27-23(15-7-2-1-3-8-15)22-13-16-9-4-5-12-21(16)31-22/h1-5,7-9,12-14,23H,6,10-11H2,(H,26,29)(H,27,30). The monoisotopic (exact) mass is 412 g/mol. The van der Waals surface area contributed by atoms with Gasteiger partial charge >= 0.3 is 0 Å². The molecule has 1 aliphatic carbocycles. The summed E-state index contributed by atoms with van der Waals surface area (Å²) in [5.41, 5.74) is 1.99. The molecule has 0 bridgehead atoms. The number of para-hydroxylation sites is 1. The lowest BCUT2D eigenvalue weighted by Gasteiger charge is -2.18. The number of carbonyl (C=O) groups is 2. The Labute approximate surface area is 177 Å². The van der Waals surface area contributed by atoms with E-state index in [1.165, 1.54) is 6.07 Å². The molecule has 0 spiro atoms. The third kappa shape index (κ3) is 3.57. The summed E-state index contributed by atoms with van der Waals surface area (Å²) in [5, 5.41) is 3.85. The highest BCUT2D eigenvalue weighted by Crippen LogP contribution is 2.28. The van der Waals surface area contributed by atoms with Crippen LogP contribution in [0.5, 0.6) is 0 Å². The third-order valence-electron chi connectivity index (χ3n) is 5.64. The molecule has 2 heterocycles. The Morgan fingerprint density at radius 1 is 0.968 bits per heavy atom. The van der Waals surface area contributed by atoms with Crippen LogP contribution in [0.4, 0.5) is 0 Å². The van der Waals surface area contributed by atoms with Crippen molar-refractivity contribution in [1.82, 2.24) is 10.3 Å². The number of furan rings is 1. The second-order valence-corrected chi connectivity index (χ2v) is 7.68. The van der Waals surface area contributed by atoms with Crippen LogP contribution in [-0.2, 0) is 6.42 Å². The lowest BCUT2D eigenvalue weighted by molar-refractivity contribution is 0.0937. The summed E-state index contributed by atoms with van der Waals surface area (Å²) in [4.78, 5) is 40.7. The van der Waals surface area contributed by atoms with Crippen LogP contribution in [0.15, 0.2) is 75.9 Å². The molecule has 0 saturated carbocycles. The second-order valence-electron chi connectivity index (χ2n) is 7.68. The number of ketones is 1. The van der Waals surface area contributed by atoms with Gasteiger partial charge in [-0.2, -0.15) is 0 Å². The maximum Gasteiger partial charge on any atom is 0.261 e. The summed E-state index contributed by atoms with van der Waals surface area (Å²) in [5.74, 6) is -0.0496. The van der Waals surface area contributed by atoms with Crippen LogP contribution in [0.1, 0.15) is 56.6 Å². The lowest BCUT2D eigenvalue weighted by Crippen LogP contribution is -2.34. The van der Waals surface area contributed by atoms with Gasteiger partial charge in [0.1, 0.15) is 22.9 Å². The first-order valence-corrected chi connectivity index (χ1v) is 10.2. The van der Waals surface area contributed by atoms with Crippen molar-refractivity contribution in [1.29, 1.82) is 0 Å². The Hall–Kier alpha value is -3.93. The molecule has 6 heteroatoms. The molecule has 1 unspecified atom stereocenters. The summed E-state index contributed by atoms with van der Waals surface area (Å²) in [6.07, 6.45) is 1.75. The van der Waals surface area contributed by atoms with E-state index in [1.807, 2.05) is 60.7 Å². The molecule has 0 aliphatic heterocycles. The SMILES string of the molecule is O=C1CCCc2[nH]c(=O)c(C(=O)NC(c3ccccc3)c3cc4ccccc4o3)cc21. The first-order chi connectivity index (χ1) is 15.1. The number of aromatic amines is 1. The molecule has 31 heavy (non-hydrogen) atoms. The normalized spacial score (nSPS) is 14.3. The largest absolute Gasteiger partial charge is 0.459 e. The number of H-pyrrole nitrogens is 1. The van der Waals surface area contributed by atoms with Gasteiger partial charge in [-0.25, -0.2) is 0 Å². The second kappa shape index (κ2) is 7.72. The Bertz CT molecular complexity index is 1320. The minimum atomic E-state index is -0.591. The number of hydrogen-bond acceptors (Lipinski definition) is 4. The number of pyridine rings is 1. The van der Waals surface area contributed by atoms with E-state index < -0.39 is 17.5 Å². The van der Waals surface area contributed by atoms with Crippen molar-refractivity contribution in [2.45, 2.75) is 25.3 Å². The van der Waals surface area contributed by atoms with E-state index in [1.54, 1.807) is 0 Å². The zero-order valence-corrected chi connectivity index (χ0v) is 16.7. The van der Waals surface area contributed by atoms with Crippen LogP contribution in [-0.4, -0.2) is 16.7 Å². The van der Waals surface area contributed by atoms with Crippen LogP contribution >= 0.6 is 0 Å². The summed E-state index contributed by atoms with van der Waals surface area (Å²) in [6, 6.07) is 19.7. The van der Waals surface area contributed by atoms with E-state index in [-0.39, 0.29) is 11.3 Å². The molecular formula is C25H20N2O4. The lowest BCUT2D eigenvalue weighted by atomic mass is 9.93. The zero-order chi connectivity index (χ0) is 21.4. The van der Waals surface area contributed by atoms with Crippen molar-refractivity contribution in [2.75, 3.05) is 0 Å². The molecule has 6 nitrogen and oxygen atoms in total. The fourth-order valence-corrected chi connectivity index (χ4v) is 4.06. The quantitative estimate of drug-likeness (QED) is 0.526. The highest BCUT2D eigenvalue weighted by Gasteiger charge is 2.26. The van der Waals surface area contributed by atoms with Gasteiger partial charge in [0.2, 0.25) is 0 Å². The highest BCUT2D eigenvalue weighted by atomic mass is 16.3. The predicted octanol–water partition coefficient (Wildman–Crippen LogP) is 4.16. The van der Waals surface area contributed by atoms with Gasteiger partial charge in [0.25, 0.3) is 11.5 Å². The molecule has 1 amide bonds. The van der Waals surface area contributed by atoms with Gasteiger partial charge in [0.15, 0.2) is 5.78 Å². The molecule has 4 aromatic rings. The Morgan fingerprint density at radius 2 is 1.74 bits per heavy atom. The van der Waals surface area contributed by atoms with E-state index in [2.05, 4.69) is 10.3 Å². The Balaban J connectivity index is 1.54. The first kappa shape index (κ1) is 19.1. The fourth-order valence-electron chi connectivity index (χ4n) is 4.06. The van der Waals surface area contributed by atoms with Crippen LogP contribution < -0.4 is 10.9 Å². The number of hydrogen-bond donors (Lipinski definition) is 2. The molecule has 0 radical (unpaired) electrons. The van der Waals surface area contributed by atoms with Gasteiger partial charge in [-0.05, 0) is 36.6 Å². The summed E-state index contributed by atoms with van der Waals surface area (Å²) in [7, 11) is 0. The molecule has 2 aromatic carbocycles. The van der Waals surface area contributed by atoms with Crippen LogP contribution in [0, 0.1) is 0 Å². The van der Waals surface area contributed by atoms with Gasteiger partial charge in [-0.1, -0.05) is 48.5 Å². The number of amides is 1. The molecule has 1 aliphatic rings. The van der Waals surface area contributed by atoms with Crippen molar-refractivity contribution in [2.24, 2.45) is 0 Å². The minimum Gasteiger partial charge on any atom is -0.459 e. The average molecular weight is 412 g/mol. The zero-order valence-electron chi connectivity index (χ0n) is 16.7. The summed E-state index contributed by atoms with van der Waals surface area (Å²) in [6.45, 7) is 0.